The van der Waals surface area contributed by atoms with Crippen molar-refractivity contribution in [1.82, 2.24) is 14.5 Å². The smallest absolute Gasteiger partial charge is 0.206 e. The molecule has 0 radical (unpaired) electrons. The molecule has 0 saturated carbocycles. The third-order valence-corrected chi connectivity index (χ3v) is 5.54. The third-order valence-electron chi connectivity index (χ3n) is 5.54. The number of β-amino-alcohol motifs (C(OH)–C–C–N with tert-alkyl or cyclic N) is 1. The number of imidazole rings is 1. The predicted molar refractivity (Wildman–Crippen MR) is 98.9 cm³/mol. The van der Waals surface area contributed by atoms with Crippen molar-refractivity contribution in [3.8, 4) is 0 Å². The highest BCUT2D eigenvalue weighted by atomic mass is 16.3. The fraction of sp³-hybridized carbons (Fsp3) is 0.632. The van der Waals surface area contributed by atoms with E-state index in [9.17, 15) is 10.2 Å². The molecule has 1 aromatic heterocycles. The van der Waals surface area contributed by atoms with Gasteiger partial charge in [-0.3, -0.25) is 0 Å². The number of aliphatic hydroxyl groups is 2. The number of aliphatic hydroxyl groups excluding tert-OH is 1. The Labute approximate surface area is 148 Å². The lowest BCUT2D eigenvalue weighted by Crippen LogP contribution is -2.47. The fourth-order valence-electron chi connectivity index (χ4n) is 4.31. The van der Waals surface area contributed by atoms with Crippen molar-refractivity contribution in [3.63, 3.8) is 0 Å². The van der Waals surface area contributed by atoms with Gasteiger partial charge in [-0.2, -0.15) is 0 Å². The van der Waals surface area contributed by atoms with E-state index in [1.165, 1.54) is 19.3 Å². The van der Waals surface area contributed by atoms with Crippen LogP contribution in [0.3, 0.4) is 0 Å². The van der Waals surface area contributed by atoms with E-state index in [0.29, 0.717) is 13.1 Å². The Morgan fingerprint density at radius 3 is 2.68 bits per heavy atom. The first kappa shape index (κ1) is 16.8. The minimum atomic E-state index is -0.667. The number of piperidine rings is 1. The maximum Gasteiger partial charge on any atom is 0.206 e. The second kappa shape index (κ2) is 6.94. The zero-order valence-electron chi connectivity index (χ0n) is 14.8. The van der Waals surface area contributed by atoms with Crippen LogP contribution < -0.4 is 4.90 Å². The van der Waals surface area contributed by atoms with E-state index in [2.05, 4.69) is 14.4 Å². The molecule has 6 nitrogen and oxygen atoms in total. The summed E-state index contributed by atoms with van der Waals surface area (Å²) < 4.78 is 2.07. The van der Waals surface area contributed by atoms with Crippen LogP contribution in [0.2, 0.25) is 0 Å². The minimum absolute atomic E-state index is 0.0826. The number of hydrogen-bond donors (Lipinski definition) is 2. The molecule has 2 aromatic rings. The van der Waals surface area contributed by atoms with E-state index in [1.54, 1.807) is 0 Å². The molecular weight excluding hydrogens is 316 g/mol. The normalized spacial score (nSPS) is 25.1. The van der Waals surface area contributed by atoms with Crippen LogP contribution in [0.1, 0.15) is 25.7 Å². The van der Waals surface area contributed by atoms with Gasteiger partial charge in [0.05, 0.1) is 29.8 Å². The molecule has 2 N–H and O–H groups in total. The second-order valence-electron chi connectivity index (χ2n) is 7.51. The van der Waals surface area contributed by atoms with E-state index in [1.807, 2.05) is 24.3 Å². The molecule has 1 aromatic carbocycles. The molecule has 136 valence electrons. The molecule has 3 heterocycles. The lowest BCUT2D eigenvalue weighted by atomic mass is 10.0. The van der Waals surface area contributed by atoms with Crippen LogP contribution in [0.25, 0.3) is 11.0 Å². The number of benzene rings is 1. The van der Waals surface area contributed by atoms with Gasteiger partial charge in [-0.05, 0) is 44.5 Å². The number of rotatable bonds is 5. The van der Waals surface area contributed by atoms with Crippen LogP contribution in [0.5, 0.6) is 0 Å². The molecule has 2 saturated heterocycles. The highest BCUT2D eigenvalue weighted by Gasteiger charge is 2.39. The van der Waals surface area contributed by atoms with E-state index in [0.717, 1.165) is 49.6 Å². The third kappa shape index (κ3) is 3.38. The van der Waals surface area contributed by atoms with Gasteiger partial charge >= 0.3 is 0 Å². The summed E-state index contributed by atoms with van der Waals surface area (Å²) in [5.41, 5.74) is 1.31. The minimum Gasteiger partial charge on any atom is -0.395 e. The van der Waals surface area contributed by atoms with Crippen LogP contribution in [-0.2, 0) is 6.54 Å². The molecule has 2 aliphatic rings. The number of anilines is 1. The van der Waals surface area contributed by atoms with Gasteiger partial charge in [0.1, 0.15) is 0 Å². The lowest BCUT2D eigenvalue weighted by molar-refractivity contribution is 0.0169. The summed E-state index contributed by atoms with van der Waals surface area (Å²) in [6.45, 7) is 4.98. The SMILES string of the molecule is OCCn1c(N2CCC(O)(CN3CCCCC3)C2)nc2ccccc21. The molecule has 1 unspecified atom stereocenters. The summed E-state index contributed by atoms with van der Waals surface area (Å²) in [6, 6.07) is 8.03. The average molecular weight is 344 g/mol. The Bertz CT molecular complexity index is 725. The van der Waals surface area contributed by atoms with Gasteiger partial charge in [0.15, 0.2) is 0 Å². The largest absolute Gasteiger partial charge is 0.395 e. The maximum atomic E-state index is 11.1. The molecule has 4 rings (SSSR count). The van der Waals surface area contributed by atoms with Gasteiger partial charge in [0.25, 0.3) is 0 Å². The van der Waals surface area contributed by atoms with Crippen molar-refractivity contribution in [2.45, 2.75) is 37.8 Å². The summed E-state index contributed by atoms with van der Waals surface area (Å²) in [5.74, 6) is 0.866. The molecule has 0 bridgehead atoms. The van der Waals surface area contributed by atoms with Gasteiger partial charge in [-0.25, -0.2) is 4.98 Å². The van der Waals surface area contributed by atoms with Crippen LogP contribution in [0, 0.1) is 0 Å². The topological polar surface area (TPSA) is 64.8 Å². The summed E-state index contributed by atoms with van der Waals surface area (Å²) in [4.78, 5) is 9.37. The van der Waals surface area contributed by atoms with E-state index in [-0.39, 0.29) is 6.61 Å². The van der Waals surface area contributed by atoms with Gasteiger partial charge < -0.3 is 24.6 Å². The van der Waals surface area contributed by atoms with E-state index in [4.69, 9.17) is 4.98 Å². The number of hydrogen-bond acceptors (Lipinski definition) is 5. The van der Waals surface area contributed by atoms with E-state index < -0.39 is 5.60 Å². The summed E-state index contributed by atoms with van der Waals surface area (Å²) in [5, 5.41) is 20.6. The first-order valence-corrected chi connectivity index (χ1v) is 9.44. The van der Waals surface area contributed by atoms with Crippen molar-refractivity contribution in [1.29, 1.82) is 0 Å². The number of fused-ring (bicyclic) bond motifs is 1. The first-order chi connectivity index (χ1) is 12.2. The molecule has 0 aliphatic carbocycles. The number of likely N-dealkylation sites (tertiary alicyclic amines) is 1. The molecule has 2 fully saturated rings. The zero-order chi connectivity index (χ0) is 17.3. The van der Waals surface area contributed by atoms with Crippen molar-refractivity contribution < 1.29 is 10.2 Å². The summed E-state index contributed by atoms with van der Waals surface area (Å²) >= 11 is 0. The number of para-hydroxylation sites is 2. The van der Waals surface area contributed by atoms with Crippen LogP contribution in [-0.4, -0.2) is 69.6 Å². The van der Waals surface area contributed by atoms with Crippen LogP contribution >= 0.6 is 0 Å². The van der Waals surface area contributed by atoms with Crippen LogP contribution in [0.4, 0.5) is 5.95 Å². The van der Waals surface area contributed by atoms with Gasteiger partial charge in [-0.1, -0.05) is 18.6 Å². The summed E-state index contributed by atoms with van der Waals surface area (Å²) in [7, 11) is 0. The van der Waals surface area contributed by atoms with Crippen molar-refractivity contribution >= 4 is 17.0 Å². The Balaban J connectivity index is 1.54. The monoisotopic (exact) mass is 344 g/mol. The number of aromatic nitrogens is 2. The van der Waals surface area contributed by atoms with Crippen LogP contribution in [0.15, 0.2) is 24.3 Å². The highest BCUT2D eigenvalue weighted by molar-refractivity contribution is 5.79. The Kier molecular flexibility index (Phi) is 4.67. The average Bonchev–Trinajstić information content (AvgIpc) is 3.18. The summed E-state index contributed by atoms with van der Waals surface area (Å²) in [6.07, 6.45) is 4.57. The molecule has 6 heteroatoms. The number of nitrogens with zero attached hydrogens (tertiary/aromatic N) is 4. The Morgan fingerprint density at radius 2 is 1.88 bits per heavy atom. The van der Waals surface area contributed by atoms with Crippen molar-refractivity contribution in [3.05, 3.63) is 24.3 Å². The van der Waals surface area contributed by atoms with Gasteiger partial charge in [0, 0.05) is 19.6 Å². The quantitative estimate of drug-likeness (QED) is 0.860. The molecule has 2 aliphatic heterocycles. The van der Waals surface area contributed by atoms with E-state index >= 15 is 0 Å². The Morgan fingerprint density at radius 1 is 1.08 bits per heavy atom. The predicted octanol–water partition coefficient (Wildman–Crippen LogP) is 1.46. The fourth-order valence-corrected chi connectivity index (χ4v) is 4.31. The Hall–Kier alpha value is -1.63. The van der Waals surface area contributed by atoms with Gasteiger partial charge in [0.2, 0.25) is 5.95 Å². The second-order valence-corrected chi connectivity index (χ2v) is 7.51. The first-order valence-electron chi connectivity index (χ1n) is 9.44. The molecule has 1 atom stereocenters. The molecular formula is C19H28N4O2. The van der Waals surface area contributed by atoms with Crippen molar-refractivity contribution in [2.24, 2.45) is 0 Å². The standard InChI is InChI=1S/C19H28N4O2/c24-13-12-23-17-7-3-2-6-16(17)20-18(23)22-11-8-19(25,15-22)14-21-9-4-1-5-10-21/h2-3,6-7,24-25H,1,4-5,8-15H2. The van der Waals surface area contributed by atoms with Gasteiger partial charge in [-0.15, -0.1) is 0 Å². The molecule has 0 amide bonds. The zero-order valence-corrected chi connectivity index (χ0v) is 14.8. The van der Waals surface area contributed by atoms with Crippen molar-refractivity contribution in [2.75, 3.05) is 44.2 Å². The maximum absolute atomic E-state index is 11.1. The highest BCUT2D eigenvalue weighted by Crippen LogP contribution is 2.30. The molecule has 0 spiro atoms. The lowest BCUT2D eigenvalue weighted by Gasteiger charge is -2.33. The molecule has 25 heavy (non-hydrogen) atoms.